The number of aromatic nitrogens is 1. The number of para-hydroxylation sites is 2. The van der Waals surface area contributed by atoms with Gasteiger partial charge in [-0.1, -0.05) is 168 Å². The molecule has 0 fully saturated rings. The fourth-order valence-corrected chi connectivity index (χ4v) is 8.60. The van der Waals surface area contributed by atoms with Crippen LogP contribution in [0.2, 0.25) is 0 Å². The van der Waals surface area contributed by atoms with Crippen molar-refractivity contribution in [3.8, 4) is 39.1 Å². The molecule has 0 unspecified atom stereocenters. The first-order chi connectivity index (χ1) is 30.6. The molecule has 9 aromatic carbocycles. The van der Waals surface area contributed by atoms with Crippen molar-refractivity contribution in [1.29, 1.82) is 0 Å². The van der Waals surface area contributed by atoms with Gasteiger partial charge in [-0.25, -0.2) is 0 Å². The van der Waals surface area contributed by atoms with E-state index in [9.17, 15) is 0 Å². The van der Waals surface area contributed by atoms with E-state index in [0.717, 1.165) is 49.5 Å². The van der Waals surface area contributed by atoms with Gasteiger partial charge in [-0.15, -0.1) is 0 Å². The number of benzene rings is 9. The second kappa shape index (κ2) is 17.4. The summed E-state index contributed by atoms with van der Waals surface area (Å²) in [4.78, 5) is 2.33. The molecule has 0 aliphatic rings. The molecule has 0 aliphatic carbocycles. The van der Waals surface area contributed by atoms with Crippen LogP contribution in [0.5, 0.6) is 0 Å². The van der Waals surface area contributed by atoms with Crippen molar-refractivity contribution in [2.75, 3.05) is 4.90 Å². The highest BCUT2D eigenvalue weighted by atomic mass is 79.9. The molecule has 10 aromatic rings. The number of nitrogens with zero attached hydrogens (tertiary/aromatic N) is 2. The van der Waals surface area contributed by atoms with Gasteiger partial charge < -0.3 is 14.2 Å². The Kier molecular flexibility index (Phi) is 10.9. The molecule has 0 bridgehead atoms. The summed E-state index contributed by atoms with van der Waals surface area (Å²) in [6, 6.07) is 78.3. The summed E-state index contributed by atoms with van der Waals surface area (Å²) < 4.78 is 9.47. The summed E-state index contributed by atoms with van der Waals surface area (Å²) in [6.45, 7) is 4.97. The highest BCUT2D eigenvalue weighted by molar-refractivity contribution is 9.10. The van der Waals surface area contributed by atoms with E-state index in [2.05, 4.69) is 250 Å². The second-order valence-electron chi connectivity index (χ2n) is 15.5. The summed E-state index contributed by atoms with van der Waals surface area (Å²) in [6.07, 6.45) is 1.85. The summed E-state index contributed by atoms with van der Waals surface area (Å²) >= 11 is 3.58. The molecule has 62 heavy (non-hydrogen) atoms. The Hall–Kier alpha value is -7.24. The molecular weight excluding hydrogens is 821 g/mol. The zero-order valence-corrected chi connectivity index (χ0v) is 35.7. The molecule has 3 nitrogen and oxygen atoms in total. The van der Waals surface area contributed by atoms with E-state index < -0.39 is 0 Å². The van der Waals surface area contributed by atoms with Gasteiger partial charge in [0.05, 0.1) is 24.2 Å². The fourth-order valence-electron chi connectivity index (χ4n) is 8.34. The first-order valence-electron chi connectivity index (χ1n) is 20.9. The maximum absolute atomic E-state index is 6.03. The van der Waals surface area contributed by atoms with Crippen molar-refractivity contribution in [2.45, 2.75) is 13.2 Å². The zero-order chi connectivity index (χ0) is 41.8. The van der Waals surface area contributed by atoms with E-state index in [1.165, 1.54) is 49.6 Å². The molecule has 4 heteroatoms. The summed E-state index contributed by atoms with van der Waals surface area (Å²) in [5.74, 6) is 0. The van der Waals surface area contributed by atoms with Gasteiger partial charge in [-0.3, -0.25) is 0 Å². The third kappa shape index (κ3) is 8.02. The van der Waals surface area contributed by atoms with Gasteiger partial charge in [0.2, 0.25) is 0 Å². The minimum Gasteiger partial charge on any atom is -0.372 e. The minimum atomic E-state index is 0.560. The largest absolute Gasteiger partial charge is 0.372 e. The quantitative estimate of drug-likeness (QED) is 0.122. The van der Waals surface area contributed by atoms with Crippen molar-refractivity contribution < 1.29 is 4.74 Å². The van der Waals surface area contributed by atoms with Crippen LogP contribution >= 0.6 is 15.9 Å². The Labute approximate surface area is 371 Å². The van der Waals surface area contributed by atoms with Crippen LogP contribution < -0.4 is 4.90 Å². The van der Waals surface area contributed by atoms with Crippen molar-refractivity contribution >= 4 is 60.9 Å². The lowest BCUT2D eigenvalue weighted by Crippen LogP contribution is -2.09. The molecule has 0 saturated carbocycles. The van der Waals surface area contributed by atoms with Gasteiger partial charge in [0.15, 0.2) is 0 Å². The standard InChI is InChI=1S/C58H43BrN2O/c1-2-41-12-14-42(15-13-41)39-62-40-43-16-18-44(19-17-43)46-22-31-52(32-23-46)60(53-33-24-47(25-34-53)45-20-29-50(59)30-21-45)54-35-26-48(27-36-54)49-28-37-58-56(38-49)55-10-6-7-11-57(55)61(58)51-8-4-3-5-9-51/h2-38H,1,39-40H2. The third-order valence-corrected chi connectivity index (χ3v) is 12.1. The molecule has 10 rings (SSSR count). The lowest BCUT2D eigenvalue weighted by atomic mass is 10.0. The summed E-state index contributed by atoms with van der Waals surface area (Å²) in [5.41, 5.74) is 17.3. The SMILES string of the molecule is C=Cc1ccc(COCc2ccc(-c3ccc(N(c4ccc(-c5ccc(Br)cc5)cc4)c4ccc(-c5ccc6c(c5)c5ccccc5n6-c5ccccc5)cc4)cc3)cc2)cc1. The lowest BCUT2D eigenvalue weighted by Gasteiger charge is -2.26. The topological polar surface area (TPSA) is 17.4 Å². The van der Waals surface area contributed by atoms with E-state index in [1.807, 2.05) is 6.08 Å². The van der Waals surface area contributed by atoms with Gasteiger partial charge in [0, 0.05) is 38.0 Å². The van der Waals surface area contributed by atoms with Crippen LogP contribution in [0.1, 0.15) is 16.7 Å². The third-order valence-electron chi connectivity index (χ3n) is 11.6. The van der Waals surface area contributed by atoms with Crippen LogP contribution in [-0.2, 0) is 18.0 Å². The monoisotopic (exact) mass is 862 g/mol. The Morgan fingerprint density at radius 1 is 0.435 bits per heavy atom. The molecule has 0 aliphatic heterocycles. The van der Waals surface area contributed by atoms with E-state index in [0.29, 0.717) is 13.2 Å². The van der Waals surface area contributed by atoms with Crippen LogP contribution in [-0.4, -0.2) is 4.57 Å². The first kappa shape index (κ1) is 38.9. The number of hydrogen-bond acceptors (Lipinski definition) is 2. The number of hydrogen-bond donors (Lipinski definition) is 0. The van der Waals surface area contributed by atoms with Crippen molar-refractivity contribution in [2.24, 2.45) is 0 Å². The number of fused-ring (bicyclic) bond motifs is 3. The Morgan fingerprint density at radius 2 is 0.871 bits per heavy atom. The summed E-state index contributed by atoms with van der Waals surface area (Å²) in [5, 5.41) is 2.49. The minimum absolute atomic E-state index is 0.560. The lowest BCUT2D eigenvalue weighted by molar-refractivity contribution is 0.107. The first-order valence-corrected chi connectivity index (χ1v) is 21.7. The molecule has 0 atom stereocenters. The van der Waals surface area contributed by atoms with E-state index in [1.54, 1.807) is 0 Å². The molecule has 0 radical (unpaired) electrons. The maximum Gasteiger partial charge on any atom is 0.0721 e. The second-order valence-corrected chi connectivity index (χ2v) is 16.5. The van der Waals surface area contributed by atoms with Crippen molar-refractivity contribution in [3.63, 3.8) is 0 Å². The molecule has 0 N–H and O–H groups in total. The van der Waals surface area contributed by atoms with Gasteiger partial charge >= 0.3 is 0 Å². The predicted molar refractivity (Wildman–Crippen MR) is 264 cm³/mol. The number of halogens is 1. The fraction of sp³-hybridized carbons (Fsp3) is 0.0345. The van der Waals surface area contributed by atoms with E-state index in [4.69, 9.17) is 4.74 Å². The number of ether oxygens (including phenoxy) is 1. The molecule has 0 saturated heterocycles. The van der Waals surface area contributed by atoms with Gasteiger partial charge in [0.25, 0.3) is 0 Å². The Bertz CT molecular complexity index is 3120. The molecule has 1 aromatic heterocycles. The van der Waals surface area contributed by atoms with Gasteiger partial charge in [0.1, 0.15) is 0 Å². The average Bonchev–Trinajstić information content (AvgIpc) is 3.67. The molecule has 1 heterocycles. The predicted octanol–water partition coefficient (Wildman–Crippen LogP) is 16.4. The highest BCUT2D eigenvalue weighted by Gasteiger charge is 2.16. The van der Waals surface area contributed by atoms with Crippen LogP contribution in [0.25, 0.3) is 66.9 Å². The smallest absolute Gasteiger partial charge is 0.0721 e. The Morgan fingerprint density at radius 3 is 1.42 bits per heavy atom. The van der Waals surface area contributed by atoms with Crippen molar-refractivity contribution in [1.82, 2.24) is 4.57 Å². The van der Waals surface area contributed by atoms with Crippen LogP contribution in [0.4, 0.5) is 17.1 Å². The molecule has 298 valence electrons. The maximum atomic E-state index is 6.03. The number of rotatable bonds is 12. The van der Waals surface area contributed by atoms with Crippen LogP contribution in [0.3, 0.4) is 0 Å². The Balaban J connectivity index is 0.934. The molecule has 0 amide bonds. The average molecular weight is 864 g/mol. The zero-order valence-electron chi connectivity index (χ0n) is 34.2. The van der Waals surface area contributed by atoms with E-state index in [-0.39, 0.29) is 0 Å². The number of anilines is 3. The van der Waals surface area contributed by atoms with Crippen LogP contribution in [0, 0.1) is 0 Å². The van der Waals surface area contributed by atoms with Crippen LogP contribution in [0.15, 0.2) is 229 Å². The van der Waals surface area contributed by atoms with Gasteiger partial charge in [-0.05, 0) is 129 Å². The molecular formula is C58H43BrN2O. The van der Waals surface area contributed by atoms with Gasteiger partial charge in [-0.2, -0.15) is 0 Å². The normalized spacial score (nSPS) is 11.2. The summed E-state index contributed by atoms with van der Waals surface area (Å²) in [7, 11) is 0. The highest BCUT2D eigenvalue weighted by Crippen LogP contribution is 2.39. The van der Waals surface area contributed by atoms with Crippen molar-refractivity contribution in [3.05, 3.63) is 246 Å². The van der Waals surface area contributed by atoms with E-state index >= 15 is 0 Å². The molecule has 0 spiro atoms.